The topological polar surface area (TPSA) is 116 Å². The molecule has 0 spiro atoms. The fourth-order valence-corrected chi connectivity index (χ4v) is 3.01. The summed E-state index contributed by atoms with van der Waals surface area (Å²) in [7, 11) is 1.39. The first-order chi connectivity index (χ1) is 15.3. The molecule has 32 heavy (non-hydrogen) atoms. The van der Waals surface area contributed by atoms with Gasteiger partial charge in [0.1, 0.15) is 5.82 Å². The van der Waals surface area contributed by atoms with Crippen LogP contribution in [0.25, 0.3) is 11.5 Å². The number of hydrogen-bond donors (Lipinski definition) is 1. The van der Waals surface area contributed by atoms with Gasteiger partial charge in [0.25, 0.3) is 11.8 Å². The van der Waals surface area contributed by atoms with Crippen LogP contribution >= 0.6 is 0 Å². The van der Waals surface area contributed by atoms with E-state index in [2.05, 4.69) is 20.4 Å². The highest BCUT2D eigenvalue weighted by Gasteiger charge is 2.27. The molecule has 0 bridgehead atoms. The lowest BCUT2D eigenvalue weighted by Crippen LogP contribution is -2.31. The summed E-state index contributed by atoms with van der Waals surface area (Å²) in [6.07, 6.45) is 1.88. The van der Waals surface area contributed by atoms with Crippen LogP contribution in [-0.2, 0) is 4.79 Å². The van der Waals surface area contributed by atoms with E-state index in [1.807, 2.05) is 13.8 Å². The van der Waals surface area contributed by atoms with Crippen LogP contribution in [-0.4, -0.2) is 34.1 Å². The predicted molar refractivity (Wildman–Crippen MR) is 111 cm³/mol. The molecule has 1 aromatic carbocycles. The van der Waals surface area contributed by atoms with E-state index < -0.39 is 17.9 Å². The zero-order chi connectivity index (χ0) is 23.3. The summed E-state index contributed by atoms with van der Waals surface area (Å²) in [5, 5.41) is 6.82. The van der Waals surface area contributed by atoms with Crippen molar-refractivity contribution in [1.29, 1.82) is 0 Å². The number of amides is 1. The molecule has 0 unspecified atom stereocenters. The van der Waals surface area contributed by atoms with Gasteiger partial charge < -0.3 is 19.3 Å². The number of nitrogens with one attached hydrogen (secondary N) is 1. The van der Waals surface area contributed by atoms with Crippen molar-refractivity contribution in [2.45, 2.75) is 33.2 Å². The van der Waals surface area contributed by atoms with Gasteiger partial charge in [-0.2, -0.15) is 4.98 Å². The number of rotatable bonds is 8. The zero-order valence-electron chi connectivity index (χ0n) is 18.1. The quantitative estimate of drug-likeness (QED) is 0.525. The van der Waals surface area contributed by atoms with Crippen molar-refractivity contribution < 1.29 is 28.0 Å². The molecule has 3 aromatic rings. The van der Waals surface area contributed by atoms with E-state index in [1.165, 1.54) is 50.6 Å². The van der Waals surface area contributed by atoms with Gasteiger partial charge in [-0.15, -0.1) is 0 Å². The maximum absolute atomic E-state index is 13.2. The number of esters is 1. The fraction of sp³-hybridized carbons (Fsp3) is 0.318. The highest BCUT2D eigenvalue weighted by Crippen LogP contribution is 2.31. The average molecular weight is 442 g/mol. The lowest BCUT2D eigenvalue weighted by atomic mass is 10.0. The van der Waals surface area contributed by atoms with Crippen LogP contribution < -0.4 is 14.8 Å². The molecule has 0 aliphatic heterocycles. The van der Waals surface area contributed by atoms with Crippen LogP contribution in [0, 0.1) is 11.7 Å². The summed E-state index contributed by atoms with van der Waals surface area (Å²) in [6, 6.07) is 6.49. The third kappa shape index (κ3) is 5.45. The van der Waals surface area contributed by atoms with Gasteiger partial charge in [-0.1, -0.05) is 19.0 Å². The number of benzene rings is 1. The van der Waals surface area contributed by atoms with Crippen molar-refractivity contribution in [2.24, 2.45) is 5.92 Å². The number of pyridine rings is 1. The molecule has 0 radical (unpaired) electrons. The lowest BCUT2D eigenvalue weighted by Gasteiger charge is -2.18. The van der Waals surface area contributed by atoms with Crippen molar-refractivity contribution in [3.8, 4) is 23.0 Å². The van der Waals surface area contributed by atoms with Gasteiger partial charge in [0, 0.05) is 24.8 Å². The molecule has 10 heteroatoms. The number of nitrogens with zero attached hydrogens (tertiary/aromatic N) is 3. The van der Waals surface area contributed by atoms with E-state index in [-0.39, 0.29) is 40.6 Å². The smallest absolute Gasteiger partial charge is 0.308 e. The minimum atomic E-state index is -0.619. The highest BCUT2D eigenvalue weighted by atomic mass is 19.1. The van der Waals surface area contributed by atoms with Gasteiger partial charge in [0.15, 0.2) is 17.3 Å². The first-order valence-corrected chi connectivity index (χ1v) is 9.90. The van der Waals surface area contributed by atoms with E-state index in [1.54, 1.807) is 0 Å². The van der Waals surface area contributed by atoms with E-state index in [0.717, 1.165) is 0 Å². The largest absolute Gasteiger partial charge is 0.493 e. The third-order valence-corrected chi connectivity index (χ3v) is 4.41. The third-order valence-electron chi connectivity index (χ3n) is 4.41. The molecule has 168 valence electrons. The minimum Gasteiger partial charge on any atom is -0.493 e. The molecular formula is C22H23FN4O5. The number of carbonyl (C=O) groups is 2. The molecule has 9 nitrogen and oxygen atoms in total. The van der Waals surface area contributed by atoms with Crippen LogP contribution in [0.5, 0.6) is 11.5 Å². The Hall–Kier alpha value is -3.82. The fourth-order valence-electron chi connectivity index (χ4n) is 3.01. The SMILES string of the molecule is COc1ccnc(C(=O)N[C@@H](CC(C)C)c2noc(-c3ccc(F)cc3)n2)c1OC(C)=O. The highest BCUT2D eigenvalue weighted by molar-refractivity contribution is 5.96. The molecule has 0 fully saturated rings. The number of halogens is 1. The molecule has 2 aromatic heterocycles. The Morgan fingerprint density at radius 1 is 1.19 bits per heavy atom. The second-order valence-electron chi connectivity index (χ2n) is 7.40. The number of aromatic nitrogens is 3. The minimum absolute atomic E-state index is 0.0802. The number of carbonyl (C=O) groups excluding carboxylic acids is 2. The molecule has 0 saturated carbocycles. The first-order valence-electron chi connectivity index (χ1n) is 9.90. The predicted octanol–water partition coefficient (Wildman–Crippen LogP) is 3.72. The molecule has 2 heterocycles. The molecule has 1 atom stereocenters. The van der Waals surface area contributed by atoms with Gasteiger partial charge in [-0.3, -0.25) is 9.59 Å². The van der Waals surface area contributed by atoms with Crippen LogP contribution in [0.1, 0.15) is 49.5 Å². The van der Waals surface area contributed by atoms with Crippen molar-refractivity contribution in [2.75, 3.05) is 7.11 Å². The second-order valence-corrected chi connectivity index (χ2v) is 7.40. The summed E-state index contributed by atoms with van der Waals surface area (Å²) >= 11 is 0. The summed E-state index contributed by atoms with van der Waals surface area (Å²) in [4.78, 5) is 33.0. The van der Waals surface area contributed by atoms with Gasteiger partial charge in [0.05, 0.1) is 13.2 Å². The molecule has 1 amide bonds. The molecule has 0 aliphatic rings. The van der Waals surface area contributed by atoms with Gasteiger partial charge in [0.2, 0.25) is 5.75 Å². The molecule has 0 aliphatic carbocycles. The lowest BCUT2D eigenvalue weighted by molar-refractivity contribution is -0.132. The monoisotopic (exact) mass is 442 g/mol. The number of methoxy groups -OCH3 is 1. The Morgan fingerprint density at radius 3 is 2.53 bits per heavy atom. The summed E-state index contributed by atoms with van der Waals surface area (Å²) in [5.74, 6) is -0.856. The van der Waals surface area contributed by atoms with Crippen molar-refractivity contribution in [3.05, 3.63) is 53.9 Å². The van der Waals surface area contributed by atoms with E-state index in [9.17, 15) is 14.0 Å². The molecule has 0 saturated heterocycles. The normalized spacial score (nSPS) is 11.8. The molecule has 1 N–H and O–H groups in total. The average Bonchev–Trinajstić information content (AvgIpc) is 3.23. The van der Waals surface area contributed by atoms with Gasteiger partial charge in [-0.05, 0) is 36.6 Å². The van der Waals surface area contributed by atoms with Crippen molar-refractivity contribution >= 4 is 11.9 Å². The summed E-state index contributed by atoms with van der Waals surface area (Å²) in [6.45, 7) is 5.18. The molecular weight excluding hydrogens is 419 g/mol. The van der Waals surface area contributed by atoms with Crippen molar-refractivity contribution in [3.63, 3.8) is 0 Å². The Bertz CT molecular complexity index is 1100. The van der Waals surface area contributed by atoms with Crippen LogP contribution in [0.3, 0.4) is 0 Å². The maximum atomic E-state index is 13.2. The van der Waals surface area contributed by atoms with Crippen molar-refractivity contribution in [1.82, 2.24) is 20.4 Å². The molecule has 3 rings (SSSR count). The maximum Gasteiger partial charge on any atom is 0.308 e. The first kappa shape index (κ1) is 22.9. The zero-order valence-corrected chi connectivity index (χ0v) is 18.1. The second kappa shape index (κ2) is 9.99. The van der Waals surface area contributed by atoms with E-state index in [0.29, 0.717) is 12.0 Å². The standard InChI is InChI=1S/C22H23FN4O5/c1-12(2)11-16(20-26-22(32-27-20)14-5-7-15(23)8-6-14)25-21(29)18-19(31-13(3)28)17(30-4)9-10-24-18/h5-10,12,16H,11H2,1-4H3,(H,25,29)/t16-/m0/s1. The van der Waals surface area contributed by atoms with Crippen LogP contribution in [0.4, 0.5) is 4.39 Å². The van der Waals surface area contributed by atoms with E-state index in [4.69, 9.17) is 14.0 Å². The summed E-state index contributed by atoms with van der Waals surface area (Å²) in [5.41, 5.74) is 0.432. The Balaban J connectivity index is 1.89. The van der Waals surface area contributed by atoms with Gasteiger partial charge >= 0.3 is 5.97 Å². The summed E-state index contributed by atoms with van der Waals surface area (Å²) < 4.78 is 28.9. The Morgan fingerprint density at radius 2 is 1.91 bits per heavy atom. The Labute approximate surface area is 184 Å². The van der Waals surface area contributed by atoms with E-state index >= 15 is 0 Å². The van der Waals surface area contributed by atoms with Gasteiger partial charge in [-0.25, -0.2) is 9.37 Å². The van der Waals surface area contributed by atoms with Crippen LogP contribution in [0.2, 0.25) is 0 Å². The van der Waals surface area contributed by atoms with Crippen LogP contribution in [0.15, 0.2) is 41.1 Å². The Kier molecular flexibility index (Phi) is 7.14. The number of hydrogen-bond acceptors (Lipinski definition) is 8. The number of ether oxygens (including phenoxy) is 2.